The molecule has 0 radical (unpaired) electrons. The second-order valence-electron chi connectivity index (χ2n) is 4.23. The van der Waals surface area contributed by atoms with E-state index in [0.29, 0.717) is 6.54 Å². The Morgan fingerprint density at radius 3 is 2.81 bits per heavy atom. The van der Waals surface area contributed by atoms with Crippen LogP contribution >= 0.6 is 0 Å². The van der Waals surface area contributed by atoms with E-state index >= 15 is 0 Å². The summed E-state index contributed by atoms with van der Waals surface area (Å²) in [5.41, 5.74) is 5.31. The number of aromatic nitrogens is 2. The van der Waals surface area contributed by atoms with Gasteiger partial charge in [0.1, 0.15) is 0 Å². The fourth-order valence-corrected chi connectivity index (χ4v) is 2.95. The van der Waals surface area contributed by atoms with Gasteiger partial charge in [-0.1, -0.05) is 0 Å². The van der Waals surface area contributed by atoms with Crippen LogP contribution in [0.25, 0.3) is 0 Å². The maximum atomic E-state index is 12.2. The molecule has 9 heteroatoms. The van der Waals surface area contributed by atoms with E-state index in [-0.39, 0.29) is 22.7 Å². The number of hydrogen-bond acceptors (Lipinski definition) is 5. The van der Waals surface area contributed by atoms with Crippen LogP contribution in [0.15, 0.2) is 41.6 Å². The molecular weight excluding hydrogens is 296 g/mol. The Balaban J connectivity index is 2.17. The van der Waals surface area contributed by atoms with Crippen LogP contribution in [0.2, 0.25) is 0 Å². The largest absolute Gasteiger partial charge is 0.478 e. The van der Waals surface area contributed by atoms with Crippen LogP contribution in [0.1, 0.15) is 10.4 Å². The van der Waals surface area contributed by atoms with E-state index in [1.54, 1.807) is 23.1 Å². The van der Waals surface area contributed by atoms with Crippen LogP contribution in [0.4, 0.5) is 5.69 Å². The van der Waals surface area contributed by atoms with Crippen molar-refractivity contribution in [3.8, 4) is 0 Å². The topological polar surface area (TPSA) is 127 Å². The molecule has 1 heterocycles. The van der Waals surface area contributed by atoms with Crippen LogP contribution in [0.3, 0.4) is 0 Å². The van der Waals surface area contributed by atoms with Crippen molar-refractivity contribution >= 4 is 21.7 Å². The number of nitrogens with one attached hydrogen (secondary N) is 1. The van der Waals surface area contributed by atoms with Crippen LogP contribution in [0.5, 0.6) is 0 Å². The van der Waals surface area contributed by atoms with E-state index in [0.717, 1.165) is 6.07 Å². The summed E-state index contributed by atoms with van der Waals surface area (Å²) >= 11 is 0. The van der Waals surface area contributed by atoms with E-state index in [1.165, 1.54) is 12.1 Å². The van der Waals surface area contributed by atoms with E-state index < -0.39 is 16.0 Å². The molecule has 0 spiro atoms. The predicted molar refractivity (Wildman–Crippen MR) is 75.2 cm³/mol. The van der Waals surface area contributed by atoms with Crippen LogP contribution < -0.4 is 10.5 Å². The van der Waals surface area contributed by atoms with Crippen molar-refractivity contribution < 1.29 is 18.3 Å². The number of rotatable bonds is 6. The SMILES string of the molecule is Nc1ccc(S(=O)(=O)NCCn2cccn2)c(C(=O)O)c1. The van der Waals surface area contributed by atoms with Gasteiger partial charge < -0.3 is 10.8 Å². The average Bonchev–Trinajstić information content (AvgIpc) is 2.91. The number of carboxylic acid groups (broad SMARTS) is 1. The molecule has 0 fully saturated rings. The number of carboxylic acids is 1. The molecule has 0 bridgehead atoms. The number of anilines is 1. The summed E-state index contributed by atoms with van der Waals surface area (Å²) < 4.78 is 28.2. The first-order chi connectivity index (χ1) is 9.90. The molecule has 21 heavy (non-hydrogen) atoms. The number of aromatic carboxylic acids is 1. The van der Waals surface area contributed by atoms with E-state index in [9.17, 15) is 13.2 Å². The zero-order valence-corrected chi connectivity index (χ0v) is 11.7. The third kappa shape index (κ3) is 3.58. The summed E-state index contributed by atoms with van der Waals surface area (Å²) in [4.78, 5) is 10.8. The van der Waals surface area contributed by atoms with E-state index in [4.69, 9.17) is 10.8 Å². The van der Waals surface area contributed by atoms with Gasteiger partial charge in [-0.15, -0.1) is 0 Å². The smallest absolute Gasteiger partial charge is 0.337 e. The summed E-state index contributed by atoms with van der Waals surface area (Å²) in [6.07, 6.45) is 3.27. The first kappa shape index (κ1) is 15.0. The fraction of sp³-hybridized carbons (Fsp3) is 0.167. The quantitative estimate of drug-likeness (QED) is 0.651. The Bertz CT molecular complexity index is 741. The molecule has 0 amide bonds. The Morgan fingerprint density at radius 2 is 2.19 bits per heavy atom. The minimum atomic E-state index is -3.93. The summed E-state index contributed by atoms with van der Waals surface area (Å²) in [5.74, 6) is -1.35. The van der Waals surface area contributed by atoms with Gasteiger partial charge in [-0.05, 0) is 24.3 Å². The van der Waals surface area contributed by atoms with Gasteiger partial charge in [-0.2, -0.15) is 5.10 Å². The summed E-state index contributed by atoms with van der Waals surface area (Å²) in [5, 5.41) is 13.0. The first-order valence-electron chi connectivity index (χ1n) is 6.00. The van der Waals surface area contributed by atoms with Crippen molar-refractivity contribution in [2.24, 2.45) is 0 Å². The van der Waals surface area contributed by atoms with Gasteiger partial charge in [0, 0.05) is 24.6 Å². The van der Waals surface area contributed by atoms with Crippen molar-refractivity contribution in [3.05, 3.63) is 42.2 Å². The highest BCUT2D eigenvalue weighted by molar-refractivity contribution is 7.89. The Labute approximate surface area is 121 Å². The number of benzene rings is 1. The second kappa shape index (κ2) is 5.94. The van der Waals surface area contributed by atoms with Crippen molar-refractivity contribution in [3.63, 3.8) is 0 Å². The van der Waals surface area contributed by atoms with Crippen molar-refractivity contribution in [1.82, 2.24) is 14.5 Å². The zero-order valence-electron chi connectivity index (χ0n) is 10.9. The standard InChI is InChI=1S/C12H14N4O4S/c13-9-2-3-11(10(8-9)12(17)18)21(19,20)15-5-7-16-6-1-4-14-16/h1-4,6,8,15H,5,7,13H2,(H,17,18). The maximum absolute atomic E-state index is 12.2. The molecule has 0 aliphatic carbocycles. The maximum Gasteiger partial charge on any atom is 0.337 e. The molecule has 0 unspecified atom stereocenters. The Kier molecular flexibility index (Phi) is 4.24. The lowest BCUT2D eigenvalue weighted by Gasteiger charge is -2.10. The molecule has 0 saturated heterocycles. The van der Waals surface area contributed by atoms with E-state index in [1.807, 2.05) is 0 Å². The minimum Gasteiger partial charge on any atom is -0.478 e. The summed E-state index contributed by atoms with van der Waals surface area (Å²) in [6.45, 7) is 0.428. The number of nitrogens with zero attached hydrogens (tertiary/aromatic N) is 2. The minimum absolute atomic E-state index is 0.0907. The third-order valence-electron chi connectivity index (χ3n) is 2.72. The molecular formula is C12H14N4O4S. The van der Waals surface area contributed by atoms with Gasteiger partial charge in [-0.25, -0.2) is 17.9 Å². The predicted octanol–water partition coefficient (Wildman–Crippen LogP) is 0.142. The molecule has 0 saturated carbocycles. The highest BCUT2D eigenvalue weighted by Gasteiger charge is 2.22. The number of carbonyl (C=O) groups is 1. The van der Waals surface area contributed by atoms with Crippen molar-refractivity contribution in [2.45, 2.75) is 11.4 Å². The van der Waals surface area contributed by atoms with Gasteiger partial charge in [0.25, 0.3) is 0 Å². The average molecular weight is 310 g/mol. The van der Waals surface area contributed by atoms with Crippen LogP contribution in [-0.4, -0.2) is 35.8 Å². The lowest BCUT2D eigenvalue weighted by Crippen LogP contribution is -2.29. The molecule has 2 rings (SSSR count). The van der Waals surface area contributed by atoms with Gasteiger partial charge >= 0.3 is 5.97 Å². The molecule has 4 N–H and O–H groups in total. The van der Waals surface area contributed by atoms with Gasteiger partial charge in [0.15, 0.2) is 0 Å². The number of nitrogen functional groups attached to an aromatic ring is 1. The van der Waals surface area contributed by atoms with Crippen LogP contribution in [-0.2, 0) is 16.6 Å². The molecule has 2 aromatic rings. The van der Waals surface area contributed by atoms with Crippen molar-refractivity contribution in [2.75, 3.05) is 12.3 Å². The summed E-state index contributed by atoms with van der Waals surface area (Å²) in [7, 11) is -3.93. The van der Waals surface area contributed by atoms with Gasteiger partial charge in [-0.3, -0.25) is 4.68 Å². The lowest BCUT2D eigenvalue weighted by molar-refractivity contribution is 0.0692. The number of hydrogen-bond donors (Lipinski definition) is 3. The van der Waals surface area contributed by atoms with Gasteiger partial charge in [0.05, 0.1) is 17.0 Å². The molecule has 1 aromatic carbocycles. The van der Waals surface area contributed by atoms with E-state index in [2.05, 4.69) is 9.82 Å². The Morgan fingerprint density at radius 1 is 1.43 bits per heavy atom. The molecule has 8 nitrogen and oxygen atoms in total. The highest BCUT2D eigenvalue weighted by Crippen LogP contribution is 2.18. The number of nitrogens with two attached hydrogens (primary N) is 1. The van der Waals surface area contributed by atoms with Crippen LogP contribution in [0, 0.1) is 0 Å². The monoisotopic (exact) mass is 310 g/mol. The van der Waals surface area contributed by atoms with Crippen molar-refractivity contribution in [1.29, 1.82) is 0 Å². The molecule has 1 aromatic heterocycles. The second-order valence-corrected chi connectivity index (χ2v) is 5.96. The summed E-state index contributed by atoms with van der Waals surface area (Å²) in [6, 6.07) is 5.35. The molecule has 0 aliphatic rings. The molecule has 0 aliphatic heterocycles. The lowest BCUT2D eigenvalue weighted by atomic mass is 10.2. The normalized spacial score (nSPS) is 11.4. The third-order valence-corrected chi connectivity index (χ3v) is 4.23. The molecule has 0 atom stereocenters. The van der Waals surface area contributed by atoms with Gasteiger partial charge in [0.2, 0.25) is 10.0 Å². The highest BCUT2D eigenvalue weighted by atomic mass is 32.2. The fourth-order valence-electron chi connectivity index (χ4n) is 1.75. The first-order valence-corrected chi connectivity index (χ1v) is 7.48. The number of sulfonamides is 1. The zero-order chi connectivity index (χ0) is 15.5. The Hall–Kier alpha value is -2.39. The molecule has 112 valence electrons.